The first kappa shape index (κ1) is 12.3. The summed E-state index contributed by atoms with van der Waals surface area (Å²) >= 11 is 0. The van der Waals surface area contributed by atoms with Crippen LogP contribution in [0.15, 0.2) is 30.0 Å². The van der Waals surface area contributed by atoms with Crippen molar-refractivity contribution in [3.05, 3.63) is 35.5 Å². The summed E-state index contributed by atoms with van der Waals surface area (Å²) in [5.41, 5.74) is 1.96. The molecule has 1 aromatic carbocycles. The minimum Gasteiger partial charge on any atom is -0.494 e. The molecule has 2 bridgehead atoms. The molecule has 3 saturated heterocycles. The largest absolute Gasteiger partial charge is 0.494 e. The van der Waals surface area contributed by atoms with E-state index in [9.17, 15) is 4.79 Å². The van der Waals surface area contributed by atoms with E-state index in [2.05, 4.69) is 4.90 Å². The fourth-order valence-corrected chi connectivity index (χ4v) is 2.89. The van der Waals surface area contributed by atoms with Crippen molar-refractivity contribution in [2.24, 2.45) is 5.92 Å². The molecule has 3 heterocycles. The highest BCUT2D eigenvalue weighted by Gasteiger charge is 2.36. The highest BCUT2D eigenvalue weighted by molar-refractivity contribution is 6.01. The number of allylic oxidation sites excluding steroid dienone is 1. The molecule has 0 atom stereocenters. The van der Waals surface area contributed by atoms with Gasteiger partial charge in [-0.15, -0.1) is 0 Å². The minimum atomic E-state index is 0.263. The van der Waals surface area contributed by atoms with Crippen molar-refractivity contribution in [2.45, 2.75) is 19.8 Å². The second-order valence-corrected chi connectivity index (χ2v) is 5.16. The van der Waals surface area contributed by atoms with Crippen LogP contribution in [-0.4, -0.2) is 30.4 Å². The molecular formula is C16H19NO2. The van der Waals surface area contributed by atoms with E-state index in [1.807, 2.05) is 37.3 Å². The Bertz CT molecular complexity index is 496. The van der Waals surface area contributed by atoms with Crippen LogP contribution in [0.25, 0.3) is 6.08 Å². The van der Waals surface area contributed by atoms with Gasteiger partial charge in [-0.25, -0.2) is 0 Å². The van der Waals surface area contributed by atoms with Crippen LogP contribution < -0.4 is 4.74 Å². The summed E-state index contributed by atoms with van der Waals surface area (Å²) in [6.07, 6.45) is 4.07. The molecule has 0 radical (unpaired) electrons. The van der Waals surface area contributed by atoms with E-state index in [1.54, 1.807) is 0 Å². The van der Waals surface area contributed by atoms with Crippen LogP contribution >= 0.6 is 0 Å². The Kier molecular flexibility index (Phi) is 3.28. The van der Waals surface area contributed by atoms with Gasteiger partial charge in [0.25, 0.3) is 0 Å². The minimum absolute atomic E-state index is 0.263. The second-order valence-electron chi connectivity index (χ2n) is 5.16. The summed E-state index contributed by atoms with van der Waals surface area (Å²) < 4.78 is 5.42. The molecule has 3 aliphatic rings. The Morgan fingerprint density at radius 1 is 1.26 bits per heavy atom. The van der Waals surface area contributed by atoms with Gasteiger partial charge in [0.15, 0.2) is 5.78 Å². The number of benzene rings is 1. The highest BCUT2D eigenvalue weighted by atomic mass is 16.5. The number of hydrogen-bond donors (Lipinski definition) is 0. The maximum absolute atomic E-state index is 12.2. The van der Waals surface area contributed by atoms with Crippen LogP contribution in [0.3, 0.4) is 0 Å². The molecule has 4 rings (SSSR count). The maximum Gasteiger partial charge on any atom is 0.182 e. The lowest BCUT2D eigenvalue weighted by molar-refractivity contribution is -0.125. The normalized spacial score (nSPS) is 21.2. The lowest BCUT2D eigenvalue weighted by atomic mass is 9.84. The summed E-state index contributed by atoms with van der Waals surface area (Å²) in [4.78, 5) is 14.4. The van der Waals surface area contributed by atoms with Gasteiger partial charge in [-0.05, 0) is 43.5 Å². The van der Waals surface area contributed by atoms with E-state index in [-0.39, 0.29) is 5.92 Å². The van der Waals surface area contributed by atoms with E-state index in [0.29, 0.717) is 12.4 Å². The van der Waals surface area contributed by atoms with Crippen LogP contribution in [0.5, 0.6) is 5.75 Å². The van der Waals surface area contributed by atoms with Crippen LogP contribution in [0.1, 0.15) is 25.3 Å². The zero-order valence-electron chi connectivity index (χ0n) is 11.3. The van der Waals surface area contributed by atoms with E-state index in [1.165, 1.54) is 0 Å². The van der Waals surface area contributed by atoms with E-state index >= 15 is 0 Å². The molecule has 0 amide bonds. The average molecular weight is 257 g/mol. The zero-order chi connectivity index (χ0) is 13.2. The first-order chi connectivity index (χ1) is 9.28. The molecule has 0 N–H and O–H groups in total. The number of carbonyl (C=O) groups is 1. The van der Waals surface area contributed by atoms with Crippen LogP contribution in [0.4, 0.5) is 0 Å². The number of fused-ring (bicyclic) bond motifs is 3. The molecule has 0 spiro atoms. The number of ether oxygens (including phenoxy) is 1. The SMILES string of the molecule is CCOc1ccc(/C=C2\C(=O)C3CCN2CC3)cc1. The molecule has 0 aliphatic carbocycles. The summed E-state index contributed by atoms with van der Waals surface area (Å²) in [5.74, 6) is 1.46. The monoisotopic (exact) mass is 257 g/mol. The van der Waals surface area contributed by atoms with Crippen molar-refractivity contribution >= 4 is 11.9 Å². The molecule has 100 valence electrons. The molecule has 1 aromatic rings. The number of rotatable bonds is 3. The van der Waals surface area contributed by atoms with Gasteiger partial charge in [-0.2, -0.15) is 0 Å². The Morgan fingerprint density at radius 2 is 1.95 bits per heavy atom. The van der Waals surface area contributed by atoms with Gasteiger partial charge in [0.05, 0.1) is 12.3 Å². The van der Waals surface area contributed by atoms with Crippen LogP contribution in [-0.2, 0) is 4.79 Å². The standard InChI is InChI=1S/C16H19NO2/c1-2-19-14-5-3-12(4-6-14)11-15-16(18)13-7-9-17(15)10-8-13/h3-6,11,13H,2,7-10H2,1H3/b15-11+. The lowest BCUT2D eigenvalue weighted by Crippen LogP contribution is -2.45. The third-order valence-electron chi connectivity index (χ3n) is 3.95. The molecular weight excluding hydrogens is 238 g/mol. The number of carbonyl (C=O) groups excluding carboxylic acids is 1. The van der Waals surface area contributed by atoms with E-state index in [0.717, 1.165) is 42.9 Å². The van der Waals surface area contributed by atoms with Gasteiger partial charge in [-0.3, -0.25) is 4.79 Å². The summed E-state index contributed by atoms with van der Waals surface area (Å²) in [6.45, 7) is 4.70. The Morgan fingerprint density at radius 3 is 2.53 bits per heavy atom. The number of nitrogens with zero attached hydrogens (tertiary/aromatic N) is 1. The van der Waals surface area contributed by atoms with Crippen molar-refractivity contribution in [3.63, 3.8) is 0 Å². The van der Waals surface area contributed by atoms with Gasteiger partial charge in [0.1, 0.15) is 5.75 Å². The Labute approximate surface area is 113 Å². The number of Topliss-reactive ketones (excluding diaryl/α,β-unsaturated/α-hetero) is 1. The van der Waals surface area contributed by atoms with Gasteiger partial charge in [0, 0.05) is 19.0 Å². The first-order valence-electron chi connectivity index (χ1n) is 7.01. The van der Waals surface area contributed by atoms with Gasteiger partial charge >= 0.3 is 0 Å². The molecule has 0 unspecified atom stereocenters. The summed E-state index contributed by atoms with van der Waals surface area (Å²) in [7, 11) is 0. The fraction of sp³-hybridized carbons (Fsp3) is 0.438. The molecule has 0 saturated carbocycles. The second kappa shape index (κ2) is 5.08. The van der Waals surface area contributed by atoms with Crippen molar-refractivity contribution in [1.29, 1.82) is 0 Å². The Hall–Kier alpha value is -1.77. The third kappa shape index (κ3) is 2.37. The van der Waals surface area contributed by atoms with Gasteiger partial charge in [-0.1, -0.05) is 12.1 Å². The van der Waals surface area contributed by atoms with Crippen molar-refractivity contribution in [3.8, 4) is 5.75 Å². The van der Waals surface area contributed by atoms with Crippen molar-refractivity contribution in [2.75, 3.05) is 19.7 Å². The average Bonchev–Trinajstić information content (AvgIpc) is 2.45. The molecule has 3 fully saturated rings. The van der Waals surface area contributed by atoms with Crippen molar-refractivity contribution < 1.29 is 9.53 Å². The predicted molar refractivity (Wildman–Crippen MR) is 74.9 cm³/mol. The summed E-state index contributed by atoms with van der Waals surface area (Å²) in [5, 5.41) is 0. The highest BCUT2D eigenvalue weighted by Crippen LogP contribution is 2.32. The first-order valence-corrected chi connectivity index (χ1v) is 7.01. The molecule has 0 aromatic heterocycles. The maximum atomic E-state index is 12.2. The van der Waals surface area contributed by atoms with Gasteiger partial charge in [0.2, 0.25) is 0 Å². The summed E-state index contributed by atoms with van der Waals surface area (Å²) in [6, 6.07) is 7.93. The van der Waals surface area contributed by atoms with E-state index < -0.39 is 0 Å². The smallest absolute Gasteiger partial charge is 0.182 e. The van der Waals surface area contributed by atoms with Gasteiger partial charge < -0.3 is 9.64 Å². The fourth-order valence-electron chi connectivity index (χ4n) is 2.89. The predicted octanol–water partition coefficient (Wildman–Crippen LogP) is 2.72. The third-order valence-corrected chi connectivity index (χ3v) is 3.95. The molecule has 3 nitrogen and oxygen atoms in total. The zero-order valence-corrected chi connectivity index (χ0v) is 11.3. The Balaban J connectivity index is 1.82. The molecule has 19 heavy (non-hydrogen) atoms. The van der Waals surface area contributed by atoms with Crippen LogP contribution in [0, 0.1) is 5.92 Å². The van der Waals surface area contributed by atoms with E-state index in [4.69, 9.17) is 4.74 Å². The number of hydrogen-bond acceptors (Lipinski definition) is 3. The lowest BCUT2D eigenvalue weighted by Gasteiger charge is -2.41. The molecule has 3 heteroatoms. The topological polar surface area (TPSA) is 29.5 Å². The molecule has 3 aliphatic heterocycles. The quantitative estimate of drug-likeness (QED) is 0.780. The number of ketones is 1. The number of piperidine rings is 3. The van der Waals surface area contributed by atoms with Crippen LogP contribution in [0.2, 0.25) is 0 Å². The van der Waals surface area contributed by atoms with Crippen molar-refractivity contribution in [1.82, 2.24) is 4.90 Å².